The summed E-state index contributed by atoms with van der Waals surface area (Å²) in [6.45, 7) is 1.92. The summed E-state index contributed by atoms with van der Waals surface area (Å²) in [7, 11) is 0. The van der Waals surface area contributed by atoms with Gasteiger partial charge in [0.1, 0.15) is 0 Å². The molecule has 72 valence electrons. The van der Waals surface area contributed by atoms with Gasteiger partial charge in [-0.3, -0.25) is 0 Å². The zero-order valence-electron chi connectivity index (χ0n) is 8.03. The number of benzene rings is 1. The Labute approximate surface area is 83.7 Å². The van der Waals surface area contributed by atoms with Crippen LogP contribution in [0.15, 0.2) is 29.2 Å². The van der Waals surface area contributed by atoms with Crippen molar-refractivity contribution in [3.05, 3.63) is 29.8 Å². The first-order valence-electron chi connectivity index (χ1n) is 4.30. The van der Waals surface area contributed by atoms with E-state index in [1.54, 1.807) is 11.8 Å². The van der Waals surface area contributed by atoms with E-state index in [1.165, 1.54) is 4.90 Å². The highest BCUT2D eigenvalue weighted by atomic mass is 32.2. The second kappa shape index (κ2) is 4.65. The van der Waals surface area contributed by atoms with E-state index in [0.29, 0.717) is 0 Å². The zero-order valence-corrected chi connectivity index (χ0v) is 8.84. The third kappa shape index (κ3) is 2.72. The van der Waals surface area contributed by atoms with Crippen LogP contribution in [0, 0.1) is 0 Å². The predicted octanol–water partition coefficient (Wildman–Crippen LogP) is 1.76. The summed E-state index contributed by atoms with van der Waals surface area (Å²) in [5.74, 6) is 0. The van der Waals surface area contributed by atoms with Crippen LogP contribution in [0.3, 0.4) is 0 Å². The quantitative estimate of drug-likeness (QED) is 0.724. The lowest BCUT2D eigenvalue weighted by molar-refractivity contribution is 0.589. The first-order valence-corrected chi connectivity index (χ1v) is 5.52. The fourth-order valence-electron chi connectivity index (χ4n) is 1.13. The Bertz CT molecular complexity index is 256. The Balaban J connectivity index is 2.79. The minimum atomic E-state index is -0.0593. The molecule has 0 unspecified atom stereocenters. The minimum Gasteiger partial charge on any atom is -0.326 e. The van der Waals surface area contributed by atoms with Crippen LogP contribution in [0.4, 0.5) is 0 Å². The van der Waals surface area contributed by atoms with Crippen molar-refractivity contribution in [1.29, 1.82) is 0 Å². The van der Waals surface area contributed by atoms with Crippen molar-refractivity contribution in [1.82, 2.24) is 0 Å². The molecule has 2 atom stereocenters. The Kier molecular flexibility index (Phi) is 3.78. The summed E-state index contributed by atoms with van der Waals surface area (Å²) in [6.07, 6.45) is 2.06. The molecule has 0 heterocycles. The molecule has 4 N–H and O–H groups in total. The van der Waals surface area contributed by atoms with Crippen molar-refractivity contribution in [3.63, 3.8) is 0 Å². The molecule has 0 aliphatic heterocycles. The van der Waals surface area contributed by atoms with Gasteiger partial charge >= 0.3 is 0 Å². The van der Waals surface area contributed by atoms with E-state index < -0.39 is 0 Å². The Morgan fingerprint density at radius 1 is 1.15 bits per heavy atom. The Morgan fingerprint density at radius 2 is 1.69 bits per heavy atom. The summed E-state index contributed by atoms with van der Waals surface area (Å²) >= 11 is 1.73. The number of hydrogen-bond donors (Lipinski definition) is 2. The third-order valence-electron chi connectivity index (χ3n) is 2.07. The molecule has 3 heteroatoms. The maximum atomic E-state index is 5.90. The van der Waals surface area contributed by atoms with Gasteiger partial charge in [-0.25, -0.2) is 0 Å². The second-order valence-corrected chi connectivity index (χ2v) is 4.04. The Morgan fingerprint density at radius 3 is 2.08 bits per heavy atom. The predicted molar refractivity (Wildman–Crippen MR) is 58.8 cm³/mol. The van der Waals surface area contributed by atoms with E-state index in [4.69, 9.17) is 11.5 Å². The van der Waals surface area contributed by atoms with Gasteiger partial charge in [0.25, 0.3) is 0 Å². The van der Waals surface area contributed by atoms with Gasteiger partial charge in [0.2, 0.25) is 0 Å². The molecule has 13 heavy (non-hydrogen) atoms. The normalized spacial score (nSPS) is 15.4. The number of rotatable bonds is 3. The third-order valence-corrected chi connectivity index (χ3v) is 2.81. The molecule has 0 saturated heterocycles. The first-order chi connectivity index (χ1) is 6.15. The lowest BCUT2D eigenvalue weighted by Gasteiger charge is -2.15. The Hall–Kier alpha value is -0.510. The van der Waals surface area contributed by atoms with E-state index in [0.717, 1.165) is 5.56 Å². The van der Waals surface area contributed by atoms with Gasteiger partial charge in [0.15, 0.2) is 0 Å². The standard InChI is InChI=1S/C10H16N2S/c1-7(11)10(12)8-3-5-9(13-2)6-4-8/h3-7,10H,11-12H2,1-2H3/t7-,10+/m0/s1. The van der Waals surface area contributed by atoms with Gasteiger partial charge in [-0.15, -0.1) is 11.8 Å². The highest BCUT2D eigenvalue weighted by Crippen LogP contribution is 2.18. The molecule has 0 spiro atoms. The summed E-state index contributed by atoms with van der Waals surface area (Å²) in [4.78, 5) is 1.25. The summed E-state index contributed by atoms with van der Waals surface area (Å²) in [6, 6.07) is 8.17. The molecular formula is C10H16N2S. The van der Waals surface area contributed by atoms with Crippen molar-refractivity contribution in [2.45, 2.75) is 23.9 Å². The molecule has 0 aromatic heterocycles. The summed E-state index contributed by atoms with van der Waals surface area (Å²) in [5.41, 5.74) is 12.7. The molecule has 1 rings (SSSR count). The van der Waals surface area contributed by atoms with Gasteiger partial charge in [-0.1, -0.05) is 12.1 Å². The first kappa shape index (κ1) is 10.6. The molecule has 0 bridgehead atoms. The minimum absolute atomic E-state index is 0.000120. The number of hydrogen-bond acceptors (Lipinski definition) is 3. The van der Waals surface area contributed by atoms with Crippen LogP contribution in [0.25, 0.3) is 0 Å². The zero-order chi connectivity index (χ0) is 9.84. The highest BCUT2D eigenvalue weighted by molar-refractivity contribution is 7.98. The lowest BCUT2D eigenvalue weighted by Crippen LogP contribution is -2.30. The second-order valence-electron chi connectivity index (χ2n) is 3.16. The molecule has 2 nitrogen and oxygen atoms in total. The molecular weight excluding hydrogens is 180 g/mol. The SMILES string of the molecule is CSc1ccc([C@H](N)[C@H](C)N)cc1. The summed E-state index contributed by atoms with van der Waals surface area (Å²) < 4.78 is 0. The van der Waals surface area contributed by atoms with Crippen molar-refractivity contribution >= 4 is 11.8 Å². The van der Waals surface area contributed by atoms with Crippen LogP contribution >= 0.6 is 11.8 Å². The van der Waals surface area contributed by atoms with Crippen LogP contribution in [0.2, 0.25) is 0 Å². The fourth-order valence-corrected chi connectivity index (χ4v) is 1.54. The van der Waals surface area contributed by atoms with Crippen LogP contribution in [0.1, 0.15) is 18.5 Å². The van der Waals surface area contributed by atoms with Gasteiger partial charge in [0, 0.05) is 17.0 Å². The van der Waals surface area contributed by atoms with Crippen molar-refractivity contribution in [2.75, 3.05) is 6.26 Å². The molecule has 0 radical (unpaired) electrons. The average molecular weight is 196 g/mol. The molecule has 0 saturated carbocycles. The van der Waals surface area contributed by atoms with Gasteiger partial charge < -0.3 is 11.5 Å². The van der Waals surface area contributed by atoms with Crippen LogP contribution in [-0.4, -0.2) is 12.3 Å². The average Bonchev–Trinajstić information content (AvgIpc) is 2.17. The van der Waals surface area contributed by atoms with E-state index in [2.05, 4.69) is 18.4 Å². The van der Waals surface area contributed by atoms with Crippen molar-refractivity contribution < 1.29 is 0 Å². The molecule has 1 aromatic carbocycles. The van der Waals surface area contributed by atoms with E-state index >= 15 is 0 Å². The summed E-state index contributed by atoms with van der Waals surface area (Å²) in [5, 5.41) is 0. The molecule has 0 aliphatic rings. The molecule has 0 fully saturated rings. The van der Waals surface area contributed by atoms with Crippen LogP contribution in [-0.2, 0) is 0 Å². The maximum Gasteiger partial charge on any atom is 0.0445 e. The lowest BCUT2D eigenvalue weighted by atomic mass is 10.0. The largest absolute Gasteiger partial charge is 0.326 e. The van der Waals surface area contributed by atoms with Gasteiger partial charge in [-0.2, -0.15) is 0 Å². The number of thioether (sulfide) groups is 1. The number of nitrogens with two attached hydrogens (primary N) is 2. The van der Waals surface area contributed by atoms with E-state index in [9.17, 15) is 0 Å². The van der Waals surface area contributed by atoms with Gasteiger partial charge in [0.05, 0.1) is 0 Å². The topological polar surface area (TPSA) is 52.0 Å². The highest BCUT2D eigenvalue weighted by Gasteiger charge is 2.09. The maximum absolute atomic E-state index is 5.90. The van der Waals surface area contributed by atoms with E-state index in [-0.39, 0.29) is 12.1 Å². The molecule has 0 amide bonds. The smallest absolute Gasteiger partial charge is 0.0445 e. The molecule has 1 aromatic rings. The molecule has 0 aliphatic carbocycles. The fraction of sp³-hybridized carbons (Fsp3) is 0.400. The van der Waals surface area contributed by atoms with Crippen molar-refractivity contribution in [2.24, 2.45) is 11.5 Å². The van der Waals surface area contributed by atoms with Crippen LogP contribution < -0.4 is 11.5 Å². The van der Waals surface area contributed by atoms with Crippen LogP contribution in [0.5, 0.6) is 0 Å². The monoisotopic (exact) mass is 196 g/mol. The van der Waals surface area contributed by atoms with Crippen molar-refractivity contribution in [3.8, 4) is 0 Å². The van der Waals surface area contributed by atoms with Gasteiger partial charge in [-0.05, 0) is 30.9 Å². The van der Waals surface area contributed by atoms with E-state index in [1.807, 2.05) is 19.1 Å².